The summed E-state index contributed by atoms with van der Waals surface area (Å²) in [6.07, 6.45) is 5.44. The summed E-state index contributed by atoms with van der Waals surface area (Å²) in [7, 11) is 1.82. The van der Waals surface area contributed by atoms with Gasteiger partial charge in [0, 0.05) is 13.3 Å². The fourth-order valence-electron chi connectivity index (χ4n) is 1.58. The molecule has 0 rings (SSSR count). The summed E-state index contributed by atoms with van der Waals surface area (Å²) in [6.45, 7) is 12.3. The van der Waals surface area contributed by atoms with Gasteiger partial charge >= 0.3 is 0 Å². The molecule has 0 amide bonds. The third kappa shape index (κ3) is 4.62. The van der Waals surface area contributed by atoms with Crippen molar-refractivity contribution < 1.29 is 0 Å². The minimum Gasteiger partial charge on any atom is -0.298 e. The SMILES string of the molecule is C=C/C=N\C(=C(\CCC)C(C)(C)C)N(C)N. The van der Waals surface area contributed by atoms with Crippen LogP contribution in [0.1, 0.15) is 40.5 Å². The van der Waals surface area contributed by atoms with E-state index in [1.54, 1.807) is 17.3 Å². The van der Waals surface area contributed by atoms with Gasteiger partial charge in [-0.05, 0) is 17.4 Å². The van der Waals surface area contributed by atoms with E-state index in [-0.39, 0.29) is 5.41 Å². The van der Waals surface area contributed by atoms with E-state index >= 15 is 0 Å². The average molecular weight is 223 g/mol. The molecule has 0 heterocycles. The Balaban J connectivity index is 5.43. The molecule has 0 atom stereocenters. The Kier molecular flexibility index (Phi) is 6.04. The summed E-state index contributed by atoms with van der Waals surface area (Å²) < 4.78 is 0. The number of aliphatic imine (C=N–C) groups is 1. The molecule has 3 nitrogen and oxygen atoms in total. The minimum atomic E-state index is 0.0808. The number of rotatable bonds is 5. The lowest BCUT2D eigenvalue weighted by molar-refractivity contribution is 0.390. The van der Waals surface area contributed by atoms with E-state index in [0.717, 1.165) is 18.7 Å². The molecule has 0 saturated carbocycles. The van der Waals surface area contributed by atoms with E-state index < -0.39 is 0 Å². The molecule has 0 aliphatic carbocycles. The maximum absolute atomic E-state index is 5.83. The fourth-order valence-corrected chi connectivity index (χ4v) is 1.58. The molecule has 0 aliphatic rings. The lowest BCUT2D eigenvalue weighted by Gasteiger charge is -2.27. The van der Waals surface area contributed by atoms with Crippen molar-refractivity contribution in [1.29, 1.82) is 0 Å². The van der Waals surface area contributed by atoms with Crippen molar-refractivity contribution in [3.05, 3.63) is 24.0 Å². The molecule has 0 aromatic heterocycles. The quantitative estimate of drug-likeness (QED) is 0.442. The highest BCUT2D eigenvalue weighted by Gasteiger charge is 2.21. The van der Waals surface area contributed by atoms with Crippen molar-refractivity contribution in [1.82, 2.24) is 5.01 Å². The first kappa shape index (κ1) is 14.9. The molecule has 0 saturated heterocycles. The van der Waals surface area contributed by atoms with Crippen LogP contribution in [0.2, 0.25) is 0 Å². The summed E-state index contributed by atoms with van der Waals surface area (Å²) in [5.74, 6) is 6.67. The van der Waals surface area contributed by atoms with E-state index in [1.165, 1.54) is 5.57 Å². The Hall–Kier alpha value is -1.09. The van der Waals surface area contributed by atoms with Crippen molar-refractivity contribution in [3.8, 4) is 0 Å². The standard InChI is InChI=1S/C13H25N3/c1-7-9-11(13(3,4)5)12(16(6)14)15-10-8-2/h8,10H,2,7,9,14H2,1,3-6H3/b12-11+,15-10-. The second kappa shape index (κ2) is 6.48. The van der Waals surface area contributed by atoms with Crippen LogP contribution >= 0.6 is 0 Å². The highest BCUT2D eigenvalue weighted by Crippen LogP contribution is 2.32. The summed E-state index contributed by atoms with van der Waals surface area (Å²) in [5.41, 5.74) is 1.36. The maximum atomic E-state index is 5.83. The lowest BCUT2D eigenvalue weighted by atomic mass is 9.83. The Labute approximate surface area is 99.7 Å². The number of hydrogen-bond donors (Lipinski definition) is 1. The molecule has 0 unspecified atom stereocenters. The maximum Gasteiger partial charge on any atom is 0.141 e. The highest BCUT2D eigenvalue weighted by molar-refractivity contribution is 5.71. The summed E-state index contributed by atoms with van der Waals surface area (Å²) in [5, 5.41) is 1.58. The van der Waals surface area contributed by atoms with Gasteiger partial charge in [0.2, 0.25) is 0 Å². The van der Waals surface area contributed by atoms with Gasteiger partial charge < -0.3 is 0 Å². The third-order valence-electron chi connectivity index (χ3n) is 2.31. The van der Waals surface area contributed by atoms with Gasteiger partial charge in [0.1, 0.15) is 5.82 Å². The Morgan fingerprint density at radius 2 is 2.00 bits per heavy atom. The molecule has 3 heteroatoms. The van der Waals surface area contributed by atoms with Gasteiger partial charge in [-0.15, -0.1) is 0 Å². The van der Waals surface area contributed by atoms with Crippen LogP contribution in [-0.4, -0.2) is 18.3 Å². The first-order chi connectivity index (χ1) is 7.34. The van der Waals surface area contributed by atoms with Gasteiger partial charge in [-0.2, -0.15) is 0 Å². The van der Waals surface area contributed by atoms with Gasteiger partial charge in [-0.1, -0.05) is 46.8 Å². The zero-order chi connectivity index (χ0) is 12.8. The van der Waals surface area contributed by atoms with E-state index in [9.17, 15) is 0 Å². The highest BCUT2D eigenvalue weighted by atomic mass is 15.4. The van der Waals surface area contributed by atoms with Crippen LogP contribution in [0.5, 0.6) is 0 Å². The largest absolute Gasteiger partial charge is 0.298 e. The van der Waals surface area contributed by atoms with Gasteiger partial charge in [-0.3, -0.25) is 5.01 Å². The molecular formula is C13H25N3. The van der Waals surface area contributed by atoms with Gasteiger partial charge in [0.05, 0.1) is 0 Å². The monoisotopic (exact) mass is 223 g/mol. The Morgan fingerprint density at radius 3 is 2.31 bits per heavy atom. The molecule has 0 radical (unpaired) electrons. The van der Waals surface area contributed by atoms with Crippen LogP contribution in [0.3, 0.4) is 0 Å². The van der Waals surface area contributed by atoms with Crippen molar-refractivity contribution in [2.75, 3.05) is 7.05 Å². The first-order valence-electron chi connectivity index (χ1n) is 5.71. The molecule has 0 aromatic carbocycles. The third-order valence-corrected chi connectivity index (χ3v) is 2.31. The van der Waals surface area contributed by atoms with Crippen molar-refractivity contribution in [3.63, 3.8) is 0 Å². The van der Waals surface area contributed by atoms with Gasteiger partial charge in [0.15, 0.2) is 0 Å². The van der Waals surface area contributed by atoms with Crippen LogP contribution in [0.4, 0.5) is 0 Å². The van der Waals surface area contributed by atoms with Crippen molar-refractivity contribution >= 4 is 6.21 Å². The molecule has 0 spiro atoms. The molecule has 0 fully saturated rings. The second-order valence-electron chi connectivity index (χ2n) is 4.93. The average Bonchev–Trinajstić information content (AvgIpc) is 2.14. The van der Waals surface area contributed by atoms with Crippen molar-refractivity contribution in [2.24, 2.45) is 16.3 Å². The Morgan fingerprint density at radius 1 is 1.44 bits per heavy atom. The number of allylic oxidation sites excluding steroid dienone is 2. The van der Waals surface area contributed by atoms with Crippen LogP contribution in [0.25, 0.3) is 0 Å². The van der Waals surface area contributed by atoms with E-state index in [0.29, 0.717) is 0 Å². The topological polar surface area (TPSA) is 41.6 Å². The van der Waals surface area contributed by atoms with E-state index in [1.807, 2.05) is 7.05 Å². The van der Waals surface area contributed by atoms with Gasteiger partial charge in [-0.25, -0.2) is 10.8 Å². The summed E-state index contributed by atoms with van der Waals surface area (Å²) in [4.78, 5) is 4.36. The zero-order valence-electron chi connectivity index (χ0n) is 11.2. The predicted molar refractivity (Wildman–Crippen MR) is 72.0 cm³/mol. The fraction of sp³-hybridized carbons (Fsp3) is 0.615. The first-order valence-corrected chi connectivity index (χ1v) is 5.71. The molecule has 16 heavy (non-hydrogen) atoms. The molecule has 0 bridgehead atoms. The number of nitrogens with two attached hydrogens (primary N) is 1. The minimum absolute atomic E-state index is 0.0808. The second-order valence-corrected chi connectivity index (χ2v) is 4.93. The lowest BCUT2D eigenvalue weighted by Crippen LogP contribution is -2.28. The number of hydrazine groups is 1. The van der Waals surface area contributed by atoms with E-state index in [2.05, 4.69) is 39.3 Å². The number of nitrogens with zero attached hydrogens (tertiary/aromatic N) is 2. The van der Waals surface area contributed by atoms with Crippen LogP contribution in [0, 0.1) is 5.41 Å². The normalized spacial score (nSPS) is 13.9. The summed E-state index contributed by atoms with van der Waals surface area (Å²) in [6, 6.07) is 0. The molecule has 92 valence electrons. The summed E-state index contributed by atoms with van der Waals surface area (Å²) >= 11 is 0. The zero-order valence-corrected chi connectivity index (χ0v) is 11.2. The van der Waals surface area contributed by atoms with E-state index in [4.69, 9.17) is 5.84 Å². The molecular weight excluding hydrogens is 198 g/mol. The van der Waals surface area contributed by atoms with Crippen LogP contribution in [-0.2, 0) is 0 Å². The predicted octanol–water partition coefficient (Wildman–Crippen LogP) is 3.11. The van der Waals surface area contributed by atoms with Gasteiger partial charge in [0.25, 0.3) is 0 Å². The van der Waals surface area contributed by atoms with Crippen LogP contribution < -0.4 is 5.84 Å². The van der Waals surface area contributed by atoms with Crippen molar-refractivity contribution in [2.45, 2.75) is 40.5 Å². The number of hydrogen-bond acceptors (Lipinski definition) is 3. The Bertz CT molecular complexity index is 280. The molecule has 0 aromatic rings. The smallest absolute Gasteiger partial charge is 0.141 e. The molecule has 0 aliphatic heterocycles. The van der Waals surface area contributed by atoms with Crippen LogP contribution in [0.15, 0.2) is 29.0 Å². The molecule has 2 N–H and O–H groups in total.